The van der Waals surface area contributed by atoms with E-state index >= 15 is 0 Å². The van der Waals surface area contributed by atoms with Crippen molar-refractivity contribution in [1.29, 1.82) is 0 Å². The molecule has 0 saturated carbocycles. The molecule has 1 amide bonds. The Labute approximate surface area is 161 Å². The molecule has 2 aromatic heterocycles. The number of nitrogens with zero attached hydrogens (tertiary/aromatic N) is 3. The average molecular weight is 381 g/mol. The predicted octanol–water partition coefficient (Wildman–Crippen LogP) is 3.77. The molecule has 1 fully saturated rings. The van der Waals surface area contributed by atoms with Gasteiger partial charge in [0.05, 0.1) is 18.6 Å². The number of benzene rings is 1. The number of hydrogen-bond donors (Lipinski definition) is 0. The number of halogens is 1. The van der Waals surface area contributed by atoms with Crippen molar-refractivity contribution >= 4 is 17.2 Å². The van der Waals surface area contributed by atoms with E-state index in [1.54, 1.807) is 23.5 Å². The Bertz CT molecular complexity index is 967. The smallest absolute Gasteiger partial charge is 0.271 e. The van der Waals surface area contributed by atoms with E-state index < -0.39 is 0 Å². The molecule has 2 aliphatic rings. The third-order valence-electron chi connectivity index (χ3n) is 5.55. The second-order valence-corrected chi connectivity index (χ2v) is 8.30. The van der Waals surface area contributed by atoms with Gasteiger partial charge in [-0.1, -0.05) is 18.2 Å². The van der Waals surface area contributed by atoms with Crippen molar-refractivity contribution in [1.82, 2.24) is 14.4 Å². The number of hydrogen-bond acceptors (Lipinski definition) is 3. The maximum atomic E-state index is 13.5. The molecule has 1 saturated heterocycles. The molecule has 6 heteroatoms. The van der Waals surface area contributed by atoms with Crippen molar-refractivity contribution in [2.45, 2.75) is 25.2 Å². The number of aromatic nitrogens is 1. The highest BCUT2D eigenvalue weighted by Crippen LogP contribution is 2.35. The minimum absolute atomic E-state index is 0.0993. The van der Waals surface area contributed by atoms with Gasteiger partial charge in [0.2, 0.25) is 0 Å². The van der Waals surface area contributed by atoms with Crippen molar-refractivity contribution in [3.05, 3.63) is 82.1 Å². The lowest BCUT2D eigenvalue weighted by Gasteiger charge is -2.38. The van der Waals surface area contributed by atoms with E-state index in [-0.39, 0.29) is 23.8 Å². The molecule has 2 aliphatic heterocycles. The van der Waals surface area contributed by atoms with Gasteiger partial charge < -0.3 is 9.47 Å². The molecule has 0 N–H and O–H groups in total. The van der Waals surface area contributed by atoms with Crippen molar-refractivity contribution in [3.63, 3.8) is 0 Å². The Balaban J connectivity index is 1.43. The van der Waals surface area contributed by atoms with Gasteiger partial charge in [0.25, 0.3) is 5.91 Å². The van der Waals surface area contributed by atoms with Crippen LogP contribution in [0.1, 0.15) is 27.0 Å². The Kier molecular flexibility index (Phi) is 4.10. The lowest BCUT2D eigenvalue weighted by molar-refractivity contribution is 0.0559. The molecule has 138 valence electrons. The Hall–Kier alpha value is -2.44. The number of likely N-dealkylation sites (tertiary alicyclic amines) is 1. The fourth-order valence-corrected chi connectivity index (χ4v) is 5.07. The maximum absolute atomic E-state index is 13.5. The number of thiophene rings is 1. The van der Waals surface area contributed by atoms with Gasteiger partial charge in [-0.2, -0.15) is 0 Å². The van der Waals surface area contributed by atoms with Gasteiger partial charge in [-0.3, -0.25) is 9.69 Å². The zero-order chi connectivity index (χ0) is 18.4. The number of fused-ring (bicyclic) bond motifs is 3. The van der Waals surface area contributed by atoms with Crippen LogP contribution in [0.3, 0.4) is 0 Å². The first-order valence-electron chi connectivity index (χ1n) is 9.16. The summed E-state index contributed by atoms with van der Waals surface area (Å²) < 4.78 is 15.7. The topological polar surface area (TPSA) is 28.5 Å². The Morgan fingerprint density at radius 1 is 1.04 bits per heavy atom. The number of carbonyl (C=O) groups is 1. The first kappa shape index (κ1) is 16.7. The summed E-state index contributed by atoms with van der Waals surface area (Å²) in [6.45, 7) is 3.01. The van der Waals surface area contributed by atoms with E-state index in [0.29, 0.717) is 13.1 Å². The van der Waals surface area contributed by atoms with Crippen molar-refractivity contribution in [2.24, 2.45) is 0 Å². The van der Waals surface area contributed by atoms with E-state index in [2.05, 4.69) is 20.9 Å². The SMILES string of the molecule is O=C1c2cccn2[C@H]2CN(Cc3cccc(F)c3)C[C@@H]2N1Cc1cccs1. The summed E-state index contributed by atoms with van der Waals surface area (Å²) in [5, 5.41) is 2.05. The predicted molar refractivity (Wildman–Crippen MR) is 103 cm³/mol. The largest absolute Gasteiger partial charge is 0.337 e. The molecule has 27 heavy (non-hydrogen) atoms. The van der Waals surface area contributed by atoms with Gasteiger partial charge in [-0.25, -0.2) is 4.39 Å². The van der Waals surface area contributed by atoms with E-state index in [0.717, 1.165) is 24.3 Å². The zero-order valence-electron chi connectivity index (χ0n) is 14.8. The summed E-state index contributed by atoms with van der Waals surface area (Å²) in [6.07, 6.45) is 2.01. The summed E-state index contributed by atoms with van der Waals surface area (Å²) in [5.74, 6) is -0.103. The molecule has 3 aromatic rings. The highest BCUT2D eigenvalue weighted by atomic mass is 32.1. The monoisotopic (exact) mass is 381 g/mol. The third-order valence-corrected chi connectivity index (χ3v) is 6.41. The lowest BCUT2D eigenvalue weighted by Crippen LogP contribution is -2.49. The molecule has 4 nitrogen and oxygen atoms in total. The van der Waals surface area contributed by atoms with Crippen LogP contribution in [0.5, 0.6) is 0 Å². The summed E-state index contributed by atoms with van der Waals surface area (Å²) in [7, 11) is 0. The van der Waals surface area contributed by atoms with Crippen LogP contribution in [-0.2, 0) is 13.1 Å². The minimum Gasteiger partial charge on any atom is -0.337 e. The molecular weight excluding hydrogens is 361 g/mol. The Morgan fingerprint density at radius 3 is 2.74 bits per heavy atom. The summed E-state index contributed by atoms with van der Waals surface area (Å²) in [4.78, 5) is 18.7. The molecule has 4 heterocycles. The van der Waals surface area contributed by atoms with E-state index in [1.165, 1.54) is 10.9 Å². The lowest BCUT2D eigenvalue weighted by atomic mass is 10.1. The number of carbonyl (C=O) groups excluding carboxylic acids is 1. The van der Waals surface area contributed by atoms with Gasteiger partial charge in [-0.15, -0.1) is 11.3 Å². The van der Waals surface area contributed by atoms with Crippen LogP contribution in [0.4, 0.5) is 4.39 Å². The van der Waals surface area contributed by atoms with Crippen molar-refractivity contribution in [2.75, 3.05) is 13.1 Å². The number of amides is 1. The van der Waals surface area contributed by atoms with Crippen LogP contribution >= 0.6 is 11.3 Å². The van der Waals surface area contributed by atoms with Crippen LogP contribution in [0.15, 0.2) is 60.1 Å². The third kappa shape index (κ3) is 2.99. The highest BCUT2D eigenvalue weighted by molar-refractivity contribution is 7.09. The quantitative estimate of drug-likeness (QED) is 0.688. The second-order valence-electron chi connectivity index (χ2n) is 7.27. The molecule has 1 aromatic carbocycles. The standard InChI is InChI=1S/C21H20FN3OS/c22-16-5-1-4-15(10-16)11-23-13-19-20(14-23)25(12-17-6-3-9-27-17)21(26)18-7-2-8-24(18)19/h1-10,19-20H,11-14H2/t19-,20-/m0/s1. The van der Waals surface area contributed by atoms with Gasteiger partial charge in [0, 0.05) is 30.7 Å². The van der Waals surface area contributed by atoms with Crippen LogP contribution in [-0.4, -0.2) is 39.4 Å². The maximum Gasteiger partial charge on any atom is 0.271 e. The zero-order valence-corrected chi connectivity index (χ0v) is 15.6. The molecule has 0 spiro atoms. The Morgan fingerprint density at radius 2 is 1.93 bits per heavy atom. The summed E-state index contributed by atoms with van der Waals surface area (Å²) >= 11 is 1.69. The molecule has 0 radical (unpaired) electrons. The first-order chi connectivity index (χ1) is 13.2. The van der Waals surface area contributed by atoms with E-state index in [9.17, 15) is 9.18 Å². The highest BCUT2D eigenvalue weighted by Gasteiger charge is 2.44. The molecule has 0 aliphatic carbocycles. The minimum atomic E-state index is -0.202. The van der Waals surface area contributed by atoms with Gasteiger partial charge in [0.15, 0.2) is 0 Å². The van der Waals surface area contributed by atoms with Crippen LogP contribution < -0.4 is 0 Å². The van der Waals surface area contributed by atoms with E-state index in [4.69, 9.17) is 0 Å². The molecule has 5 rings (SSSR count). The van der Waals surface area contributed by atoms with Crippen LogP contribution in [0, 0.1) is 5.82 Å². The second kappa shape index (κ2) is 6.62. The normalized spacial score (nSPS) is 22.1. The fraction of sp³-hybridized carbons (Fsp3) is 0.286. The van der Waals surface area contributed by atoms with Crippen LogP contribution in [0.25, 0.3) is 0 Å². The molecule has 0 unspecified atom stereocenters. The van der Waals surface area contributed by atoms with Crippen molar-refractivity contribution in [3.8, 4) is 0 Å². The fourth-order valence-electron chi connectivity index (χ4n) is 4.37. The first-order valence-corrected chi connectivity index (χ1v) is 10.0. The summed E-state index contributed by atoms with van der Waals surface area (Å²) in [5.41, 5.74) is 1.73. The molecular formula is C21H20FN3OS. The van der Waals surface area contributed by atoms with Gasteiger partial charge >= 0.3 is 0 Å². The molecule has 2 atom stereocenters. The van der Waals surface area contributed by atoms with Gasteiger partial charge in [0.1, 0.15) is 11.5 Å². The van der Waals surface area contributed by atoms with E-state index in [1.807, 2.05) is 35.4 Å². The van der Waals surface area contributed by atoms with Crippen molar-refractivity contribution < 1.29 is 9.18 Å². The van der Waals surface area contributed by atoms with Crippen LogP contribution in [0.2, 0.25) is 0 Å². The number of rotatable bonds is 4. The summed E-state index contributed by atoms with van der Waals surface area (Å²) in [6, 6.07) is 15.1. The van der Waals surface area contributed by atoms with Gasteiger partial charge in [-0.05, 0) is 41.3 Å². The molecule has 0 bridgehead atoms. The average Bonchev–Trinajstić information content (AvgIpc) is 3.38.